The first kappa shape index (κ1) is 22.0. The summed E-state index contributed by atoms with van der Waals surface area (Å²) in [5.41, 5.74) is 1.05. The molecule has 0 aliphatic carbocycles. The van der Waals surface area contributed by atoms with Gasteiger partial charge >= 0.3 is 0 Å². The van der Waals surface area contributed by atoms with Crippen molar-refractivity contribution in [3.05, 3.63) is 65.5 Å². The predicted octanol–water partition coefficient (Wildman–Crippen LogP) is 3.98. The van der Waals surface area contributed by atoms with Gasteiger partial charge in [0, 0.05) is 18.7 Å². The SMILES string of the molecule is CCN(CC)S(=O)(=O)c1cccc(C(=O)N[C@H](c2ccc(F)cc2)C(C)C)c1. The average molecular weight is 407 g/mol. The van der Waals surface area contributed by atoms with Crippen molar-refractivity contribution in [3.8, 4) is 0 Å². The highest BCUT2D eigenvalue weighted by Gasteiger charge is 2.24. The molecule has 2 aromatic carbocycles. The Morgan fingerprint density at radius 3 is 2.21 bits per heavy atom. The molecule has 0 spiro atoms. The van der Waals surface area contributed by atoms with Gasteiger partial charge in [0.2, 0.25) is 10.0 Å². The van der Waals surface area contributed by atoms with E-state index in [1.165, 1.54) is 28.6 Å². The summed E-state index contributed by atoms with van der Waals surface area (Å²) >= 11 is 0. The largest absolute Gasteiger partial charge is 0.345 e. The second kappa shape index (κ2) is 9.30. The van der Waals surface area contributed by atoms with Crippen LogP contribution in [0.3, 0.4) is 0 Å². The molecule has 0 unspecified atom stereocenters. The van der Waals surface area contributed by atoms with Crippen LogP contribution in [0.5, 0.6) is 0 Å². The molecule has 1 N–H and O–H groups in total. The number of amides is 1. The normalized spacial score (nSPS) is 13.0. The lowest BCUT2D eigenvalue weighted by atomic mass is 9.95. The quantitative estimate of drug-likeness (QED) is 0.721. The summed E-state index contributed by atoms with van der Waals surface area (Å²) in [5, 5.41) is 2.93. The summed E-state index contributed by atoms with van der Waals surface area (Å²) in [4.78, 5) is 12.9. The number of hydrogen-bond donors (Lipinski definition) is 1. The molecule has 0 heterocycles. The monoisotopic (exact) mass is 406 g/mol. The number of benzene rings is 2. The molecule has 0 radical (unpaired) electrons. The van der Waals surface area contributed by atoms with Gasteiger partial charge in [-0.05, 0) is 41.8 Å². The third-order valence-corrected chi connectivity index (χ3v) is 6.67. The number of nitrogens with zero attached hydrogens (tertiary/aromatic N) is 1. The van der Waals surface area contributed by atoms with Crippen LogP contribution < -0.4 is 5.32 Å². The van der Waals surface area contributed by atoms with E-state index in [-0.39, 0.29) is 34.1 Å². The van der Waals surface area contributed by atoms with Gasteiger partial charge in [0.05, 0.1) is 10.9 Å². The van der Waals surface area contributed by atoms with Gasteiger partial charge in [0.25, 0.3) is 5.91 Å². The van der Waals surface area contributed by atoms with Gasteiger partial charge < -0.3 is 5.32 Å². The first-order chi connectivity index (χ1) is 13.2. The molecule has 0 fully saturated rings. The second-order valence-electron chi connectivity index (χ2n) is 6.86. The highest BCUT2D eigenvalue weighted by atomic mass is 32.2. The summed E-state index contributed by atoms with van der Waals surface area (Å²) in [6.45, 7) is 8.16. The molecule has 0 bridgehead atoms. The zero-order valence-electron chi connectivity index (χ0n) is 16.6. The maximum absolute atomic E-state index is 13.2. The van der Waals surface area contributed by atoms with E-state index in [4.69, 9.17) is 0 Å². The van der Waals surface area contributed by atoms with Crippen LogP contribution in [0.1, 0.15) is 49.7 Å². The Labute approximate surface area is 166 Å². The van der Waals surface area contributed by atoms with Crippen LogP contribution in [0, 0.1) is 11.7 Å². The summed E-state index contributed by atoms with van der Waals surface area (Å²) in [6.07, 6.45) is 0. The van der Waals surface area contributed by atoms with Crippen molar-refractivity contribution in [2.45, 2.75) is 38.6 Å². The maximum Gasteiger partial charge on any atom is 0.251 e. The number of sulfonamides is 1. The smallest absolute Gasteiger partial charge is 0.251 e. The van der Waals surface area contributed by atoms with E-state index in [1.54, 1.807) is 38.1 Å². The molecular weight excluding hydrogens is 379 g/mol. The lowest BCUT2D eigenvalue weighted by Gasteiger charge is -2.23. The summed E-state index contributed by atoms with van der Waals surface area (Å²) in [7, 11) is -3.65. The predicted molar refractivity (Wildman–Crippen MR) is 108 cm³/mol. The first-order valence-corrected chi connectivity index (χ1v) is 10.8. The van der Waals surface area contributed by atoms with Gasteiger partial charge in [-0.25, -0.2) is 12.8 Å². The van der Waals surface area contributed by atoms with Gasteiger partial charge in [-0.2, -0.15) is 4.31 Å². The molecule has 7 heteroatoms. The van der Waals surface area contributed by atoms with Crippen molar-refractivity contribution in [1.82, 2.24) is 9.62 Å². The van der Waals surface area contributed by atoms with Crippen molar-refractivity contribution in [3.63, 3.8) is 0 Å². The van der Waals surface area contributed by atoms with Gasteiger partial charge in [-0.15, -0.1) is 0 Å². The molecule has 2 aromatic rings. The maximum atomic E-state index is 13.2. The highest BCUT2D eigenvalue weighted by molar-refractivity contribution is 7.89. The summed E-state index contributed by atoms with van der Waals surface area (Å²) in [5.74, 6) is -0.650. The van der Waals surface area contributed by atoms with Crippen LogP contribution in [-0.4, -0.2) is 31.7 Å². The molecule has 1 amide bonds. The van der Waals surface area contributed by atoms with E-state index >= 15 is 0 Å². The van der Waals surface area contributed by atoms with Crippen LogP contribution in [0.2, 0.25) is 0 Å². The molecule has 5 nitrogen and oxygen atoms in total. The molecule has 0 aliphatic heterocycles. The Bertz CT molecular complexity index is 908. The topological polar surface area (TPSA) is 66.5 Å². The number of hydrogen-bond acceptors (Lipinski definition) is 3. The van der Waals surface area contributed by atoms with Crippen molar-refractivity contribution < 1.29 is 17.6 Å². The van der Waals surface area contributed by atoms with Crippen LogP contribution in [-0.2, 0) is 10.0 Å². The number of halogens is 1. The van der Waals surface area contributed by atoms with Gasteiger partial charge in [0.15, 0.2) is 0 Å². The Morgan fingerprint density at radius 2 is 1.68 bits per heavy atom. The molecule has 0 saturated heterocycles. The third-order valence-electron chi connectivity index (χ3n) is 4.62. The van der Waals surface area contributed by atoms with Gasteiger partial charge in [-0.1, -0.05) is 45.9 Å². The lowest BCUT2D eigenvalue weighted by molar-refractivity contribution is 0.0925. The van der Waals surface area contributed by atoms with Crippen LogP contribution >= 0.6 is 0 Å². The van der Waals surface area contributed by atoms with Crippen molar-refractivity contribution in [2.75, 3.05) is 13.1 Å². The Morgan fingerprint density at radius 1 is 1.07 bits per heavy atom. The number of carbonyl (C=O) groups is 1. The molecular formula is C21H27FN2O3S. The summed E-state index contributed by atoms with van der Waals surface area (Å²) < 4.78 is 40.0. The van der Waals surface area contributed by atoms with Crippen LogP contribution in [0.25, 0.3) is 0 Å². The Hall–Kier alpha value is -2.25. The number of nitrogens with one attached hydrogen (secondary N) is 1. The minimum atomic E-state index is -3.65. The molecule has 2 rings (SSSR count). The molecule has 0 aliphatic rings. The average Bonchev–Trinajstić information content (AvgIpc) is 2.67. The number of rotatable bonds is 8. The minimum absolute atomic E-state index is 0.0667. The fourth-order valence-electron chi connectivity index (χ4n) is 3.04. The van der Waals surface area contributed by atoms with Crippen LogP contribution in [0.4, 0.5) is 4.39 Å². The van der Waals surface area contributed by atoms with E-state index < -0.39 is 10.0 Å². The zero-order chi connectivity index (χ0) is 20.9. The fourth-order valence-corrected chi connectivity index (χ4v) is 4.54. The highest BCUT2D eigenvalue weighted by Crippen LogP contribution is 2.23. The second-order valence-corrected chi connectivity index (χ2v) is 8.80. The standard InChI is InChI=1S/C21H27FN2O3S/c1-5-24(6-2)28(26,27)19-9-7-8-17(14-19)21(25)23-20(15(3)4)16-10-12-18(22)13-11-16/h7-15,20H,5-6H2,1-4H3,(H,23,25)/t20-/m0/s1. The first-order valence-electron chi connectivity index (χ1n) is 9.37. The summed E-state index contributed by atoms with van der Waals surface area (Å²) in [6, 6.07) is 11.7. The molecule has 0 saturated carbocycles. The Kier molecular flexibility index (Phi) is 7.32. The Balaban J connectivity index is 2.30. The molecule has 0 aromatic heterocycles. The van der Waals surface area contributed by atoms with Gasteiger partial charge in [0.1, 0.15) is 5.82 Å². The minimum Gasteiger partial charge on any atom is -0.345 e. The van der Waals surface area contributed by atoms with Crippen molar-refractivity contribution in [2.24, 2.45) is 5.92 Å². The van der Waals surface area contributed by atoms with Crippen molar-refractivity contribution >= 4 is 15.9 Å². The third kappa shape index (κ3) is 4.97. The zero-order valence-corrected chi connectivity index (χ0v) is 17.5. The van der Waals surface area contributed by atoms with Crippen LogP contribution in [0.15, 0.2) is 53.4 Å². The van der Waals surface area contributed by atoms with E-state index in [9.17, 15) is 17.6 Å². The molecule has 1 atom stereocenters. The van der Waals surface area contributed by atoms with Crippen molar-refractivity contribution in [1.29, 1.82) is 0 Å². The molecule has 152 valence electrons. The van der Waals surface area contributed by atoms with E-state index in [1.807, 2.05) is 13.8 Å². The lowest BCUT2D eigenvalue weighted by Crippen LogP contribution is -2.33. The van der Waals surface area contributed by atoms with E-state index in [2.05, 4.69) is 5.32 Å². The van der Waals surface area contributed by atoms with E-state index in [0.717, 1.165) is 5.56 Å². The molecule has 28 heavy (non-hydrogen) atoms. The van der Waals surface area contributed by atoms with Gasteiger partial charge in [-0.3, -0.25) is 4.79 Å². The van der Waals surface area contributed by atoms with E-state index in [0.29, 0.717) is 13.1 Å². The fraction of sp³-hybridized carbons (Fsp3) is 0.381. The number of carbonyl (C=O) groups excluding carboxylic acids is 1.